The van der Waals surface area contributed by atoms with E-state index in [1.807, 2.05) is 23.2 Å². The Morgan fingerprint density at radius 2 is 2.00 bits per heavy atom. The Balaban J connectivity index is 1.44. The van der Waals surface area contributed by atoms with E-state index in [1.165, 1.54) is 17.9 Å². The zero-order valence-corrected chi connectivity index (χ0v) is 14.0. The maximum Gasteiger partial charge on any atom is 0.317 e. The highest BCUT2D eigenvalue weighted by Crippen LogP contribution is 2.17. The number of para-hydroxylation sites is 1. The quantitative estimate of drug-likeness (QED) is 0.803. The van der Waals surface area contributed by atoms with Crippen molar-refractivity contribution in [3.8, 4) is 0 Å². The van der Waals surface area contributed by atoms with Crippen molar-refractivity contribution < 1.29 is 9.59 Å². The number of amides is 3. The maximum atomic E-state index is 12.2. The number of piperidine rings is 1. The van der Waals surface area contributed by atoms with Crippen LogP contribution in [0.4, 0.5) is 4.79 Å². The molecule has 3 amide bonds. The Morgan fingerprint density at radius 3 is 2.75 bits per heavy atom. The summed E-state index contributed by atoms with van der Waals surface area (Å²) in [5, 5.41) is 7.13. The third kappa shape index (κ3) is 3.88. The standard InChI is InChI=1S/C18H24N4O2/c1-13(23)21-15-7-10-22(11-8-15)18(24)19-9-6-14-12-20-17-5-3-2-4-16(14)17/h2-5,12,15,20H,6-11H2,1H3,(H,19,24)(H,21,23). The van der Waals surface area contributed by atoms with Gasteiger partial charge in [-0.3, -0.25) is 4.79 Å². The first-order chi connectivity index (χ1) is 11.6. The lowest BCUT2D eigenvalue weighted by Crippen LogP contribution is -2.49. The molecule has 0 atom stereocenters. The van der Waals surface area contributed by atoms with Gasteiger partial charge in [-0.15, -0.1) is 0 Å². The van der Waals surface area contributed by atoms with Gasteiger partial charge in [-0.25, -0.2) is 4.79 Å². The Hall–Kier alpha value is -2.50. The largest absolute Gasteiger partial charge is 0.361 e. The number of carbonyl (C=O) groups is 2. The number of aromatic nitrogens is 1. The highest BCUT2D eigenvalue weighted by molar-refractivity contribution is 5.83. The van der Waals surface area contributed by atoms with Crippen molar-refractivity contribution in [2.24, 2.45) is 0 Å². The molecular formula is C18H24N4O2. The van der Waals surface area contributed by atoms with Crippen LogP contribution in [0, 0.1) is 0 Å². The molecule has 6 heteroatoms. The molecule has 0 bridgehead atoms. The lowest BCUT2D eigenvalue weighted by Gasteiger charge is -2.32. The van der Waals surface area contributed by atoms with Gasteiger partial charge in [0, 0.05) is 49.7 Å². The second kappa shape index (κ2) is 7.38. The third-order valence-corrected chi connectivity index (χ3v) is 4.54. The molecule has 1 fully saturated rings. The van der Waals surface area contributed by atoms with Crippen LogP contribution in [0.15, 0.2) is 30.5 Å². The highest BCUT2D eigenvalue weighted by atomic mass is 16.2. The van der Waals surface area contributed by atoms with Crippen molar-refractivity contribution in [3.05, 3.63) is 36.0 Å². The van der Waals surface area contributed by atoms with Crippen molar-refractivity contribution in [2.45, 2.75) is 32.2 Å². The summed E-state index contributed by atoms with van der Waals surface area (Å²) in [4.78, 5) is 28.4. The summed E-state index contributed by atoms with van der Waals surface area (Å²) >= 11 is 0. The van der Waals surface area contributed by atoms with E-state index in [4.69, 9.17) is 0 Å². The van der Waals surface area contributed by atoms with E-state index in [1.54, 1.807) is 0 Å². The van der Waals surface area contributed by atoms with Gasteiger partial charge in [0.25, 0.3) is 0 Å². The fourth-order valence-electron chi connectivity index (χ4n) is 3.27. The zero-order valence-electron chi connectivity index (χ0n) is 14.0. The topological polar surface area (TPSA) is 77.2 Å². The zero-order chi connectivity index (χ0) is 16.9. The van der Waals surface area contributed by atoms with Gasteiger partial charge in [0.2, 0.25) is 5.91 Å². The van der Waals surface area contributed by atoms with Gasteiger partial charge in [-0.2, -0.15) is 0 Å². The molecule has 1 aromatic carbocycles. The molecule has 0 aliphatic carbocycles. The fraction of sp³-hybridized carbons (Fsp3) is 0.444. The Kier molecular flexibility index (Phi) is 5.03. The summed E-state index contributed by atoms with van der Waals surface area (Å²) in [5.41, 5.74) is 2.34. The number of likely N-dealkylation sites (tertiary alicyclic amines) is 1. The van der Waals surface area contributed by atoms with Crippen LogP contribution in [0.25, 0.3) is 10.9 Å². The van der Waals surface area contributed by atoms with Crippen molar-refractivity contribution in [1.82, 2.24) is 20.5 Å². The minimum atomic E-state index is -0.0175. The number of rotatable bonds is 4. The number of benzene rings is 1. The molecule has 2 heterocycles. The Bertz CT molecular complexity index is 717. The third-order valence-electron chi connectivity index (χ3n) is 4.54. The predicted octanol–water partition coefficient (Wildman–Crippen LogP) is 2.02. The van der Waals surface area contributed by atoms with Crippen LogP contribution in [0.1, 0.15) is 25.3 Å². The summed E-state index contributed by atoms with van der Waals surface area (Å²) < 4.78 is 0. The van der Waals surface area contributed by atoms with Gasteiger partial charge in [-0.05, 0) is 30.9 Å². The molecule has 0 radical (unpaired) electrons. The number of aromatic amines is 1. The van der Waals surface area contributed by atoms with Crippen LogP contribution in [0.3, 0.4) is 0 Å². The first-order valence-electron chi connectivity index (χ1n) is 8.48. The maximum absolute atomic E-state index is 12.2. The van der Waals surface area contributed by atoms with E-state index in [0.717, 1.165) is 24.8 Å². The molecule has 24 heavy (non-hydrogen) atoms. The number of urea groups is 1. The number of fused-ring (bicyclic) bond motifs is 1. The Morgan fingerprint density at radius 1 is 1.25 bits per heavy atom. The van der Waals surface area contributed by atoms with Crippen LogP contribution in [-0.2, 0) is 11.2 Å². The molecule has 0 unspecified atom stereocenters. The number of nitrogens with zero attached hydrogens (tertiary/aromatic N) is 1. The summed E-state index contributed by atoms with van der Waals surface area (Å²) in [7, 11) is 0. The molecule has 0 saturated carbocycles. The first kappa shape index (κ1) is 16.4. The van der Waals surface area contributed by atoms with Gasteiger partial charge in [0.1, 0.15) is 0 Å². The monoisotopic (exact) mass is 328 g/mol. The van der Waals surface area contributed by atoms with Crippen molar-refractivity contribution in [3.63, 3.8) is 0 Å². The molecule has 6 nitrogen and oxygen atoms in total. The molecule has 0 spiro atoms. The second-order valence-electron chi connectivity index (χ2n) is 6.30. The first-order valence-corrected chi connectivity index (χ1v) is 8.48. The molecule has 1 aliphatic heterocycles. The summed E-state index contributed by atoms with van der Waals surface area (Å²) in [5.74, 6) is -0.00312. The minimum absolute atomic E-state index is 0.00312. The number of hydrogen-bond donors (Lipinski definition) is 3. The van der Waals surface area contributed by atoms with Gasteiger partial charge in [-0.1, -0.05) is 18.2 Å². The van der Waals surface area contributed by atoms with Crippen LogP contribution >= 0.6 is 0 Å². The lowest BCUT2D eigenvalue weighted by molar-refractivity contribution is -0.119. The molecule has 1 aliphatic rings. The van der Waals surface area contributed by atoms with Crippen LogP contribution in [0.2, 0.25) is 0 Å². The van der Waals surface area contributed by atoms with E-state index in [-0.39, 0.29) is 18.0 Å². The molecular weight excluding hydrogens is 304 g/mol. The number of H-pyrrole nitrogens is 1. The summed E-state index contributed by atoms with van der Waals surface area (Å²) in [6.07, 6.45) is 4.44. The normalized spacial score (nSPS) is 15.5. The minimum Gasteiger partial charge on any atom is -0.361 e. The molecule has 1 aromatic heterocycles. The SMILES string of the molecule is CC(=O)NC1CCN(C(=O)NCCc2c[nH]c3ccccc23)CC1. The van der Waals surface area contributed by atoms with Crippen molar-refractivity contribution in [2.75, 3.05) is 19.6 Å². The van der Waals surface area contributed by atoms with E-state index >= 15 is 0 Å². The lowest BCUT2D eigenvalue weighted by atomic mass is 10.1. The van der Waals surface area contributed by atoms with E-state index < -0.39 is 0 Å². The van der Waals surface area contributed by atoms with Crippen molar-refractivity contribution >= 4 is 22.8 Å². The van der Waals surface area contributed by atoms with Gasteiger partial charge >= 0.3 is 6.03 Å². The number of nitrogens with one attached hydrogen (secondary N) is 3. The molecule has 3 rings (SSSR count). The van der Waals surface area contributed by atoms with E-state index in [9.17, 15) is 9.59 Å². The van der Waals surface area contributed by atoms with Crippen molar-refractivity contribution in [1.29, 1.82) is 0 Å². The smallest absolute Gasteiger partial charge is 0.317 e. The van der Waals surface area contributed by atoms with Gasteiger partial charge in [0.05, 0.1) is 0 Å². The van der Waals surface area contributed by atoms with E-state index in [0.29, 0.717) is 19.6 Å². The number of hydrogen-bond acceptors (Lipinski definition) is 2. The van der Waals surface area contributed by atoms with E-state index in [2.05, 4.69) is 27.8 Å². The van der Waals surface area contributed by atoms with Gasteiger partial charge in [0.15, 0.2) is 0 Å². The van der Waals surface area contributed by atoms with Crippen LogP contribution in [-0.4, -0.2) is 47.5 Å². The van der Waals surface area contributed by atoms with Gasteiger partial charge < -0.3 is 20.5 Å². The summed E-state index contributed by atoms with van der Waals surface area (Å²) in [6.45, 7) is 3.52. The average molecular weight is 328 g/mol. The highest BCUT2D eigenvalue weighted by Gasteiger charge is 2.22. The molecule has 3 N–H and O–H groups in total. The van der Waals surface area contributed by atoms with Crippen LogP contribution < -0.4 is 10.6 Å². The van der Waals surface area contributed by atoms with Crippen LogP contribution in [0.5, 0.6) is 0 Å². The number of carbonyl (C=O) groups excluding carboxylic acids is 2. The average Bonchev–Trinajstić information content (AvgIpc) is 2.98. The fourth-order valence-corrected chi connectivity index (χ4v) is 3.27. The molecule has 2 aromatic rings. The molecule has 1 saturated heterocycles. The summed E-state index contributed by atoms with van der Waals surface area (Å²) in [6, 6.07) is 8.35. The molecule has 128 valence electrons. The second-order valence-corrected chi connectivity index (χ2v) is 6.30. The Labute approximate surface area is 141 Å². The predicted molar refractivity (Wildman–Crippen MR) is 93.8 cm³/mol.